The van der Waals surface area contributed by atoms with Crippen molar-refractivity contribution in [1.82, 2.24) is 15.0 Å². The summed E-state index contributed by atoms with van der Waals surface area (Å²) in [5, 5.41) is 6.61. The number of amides is 1. The molecule has 1 aliphatic rings. The average Bonchev–Trinajstić information content (AvgIpc) is 3.23. The Balaban J connectivity index is 1.42. The topological polar surface area (TPSA) is 76.3 Å². The Hall–Kier alpha value is -2.36. The largest absolute Gasteiger partial charge is 0.272 e. The third-order valence-corrected chi connectivity index (χ3v) is 8.67. The van der Waals surface area contributed by atoms with Crippen molar-refractivity contribution in [2.24, 2.45) is 5.10 Å². The summed E-state index contributed by atoms with van der Waals surface area (Å²) >= 11 is 20.9. The lowest BCUT2D eigenvalue weighted by molar-refractivity contribution is -0.118. The number of fused-ring (bicyclic) bond motifs is 3. The first-order valence-corrected chi connectivity index (χ1v) is 14.1. The van der Waals surface area contributed by atoms with Gasteiger partial charge in [-0.2, -0.15) is 5.10 Å². The van der Waals surface area contributed by atoms with Crippen LogP contribution in [0, 0.1) is 0 Å². The monoisotopic (exact) mass is 576 g/mol. The number of nitrogens with one attached hydrogen (secondary N) is 1. The number of hydrazone groups is 1. The summed E-state index contributed by atoms with van der Waals surface area (Å²) in [6, 6.07) is 12.0. The molecule has 184 valence electrons. The number of rotatable bonds is 6. The number of aryl methyl sites for hydroxylation is 2. The number of carbonyl (C=O) groups is 1. The smallest absolute Gasteiger partial charge is 0.267 e. The van der Waals surface area contributed by atoms with Crippen molar-refractivity contribution in [1.29, 1.82) is 0 Å². The van der Waals surface area contributed by atoms with Gasteiger partial charge < -0.3 is 0 Å². The Bertz CT molecular complexity index is 1550. The highest BCUT2D eigenvalue weighted by Gasteiger charge is 2.23. The highest BCUT2D eigenvalue weighted by molar-refractivity contribution is 7.99. The van der Waals surface area contributed by atoms with Crippen LogP contribution in [0.3, 0.4) is 0 Å². The Morgan fingerprint density at radius 3 is 2.64 bits per heavy atom. The zero-order valence-electron chi connectivity index (χ0n) is 18.8. The SMILES string of the molecule is O=C(CSc1nc2sc3c(c2c(=O)n1-c1ccc(Cl)cc1)CCCC3)NN=Cc1ccc(Cl)cc1Cl. The third-order valence-electron chi connectivity index (χ3n) is 5.73. The molecule has 1 amide bonds. The fourth-order valence-electron chi connectivity index (χ4n) is 4.04. The average molecular weight is 578 g/mol. The summed E-state index contributed by atoms with van der Waals surface area (Å²) < 4.78 is 1.56. The molecule has 0 atom stereocenters. The van der Waals surface area contributed by atoms with Gasteiger partial charge >= 0.3 is 0 Å². The summed E-state index contributed by atoms with van der Waals surface area (Å²) in [5.74, 6) is -0.328. The number of aromatic nitrogens is 2. The minimum absolute atomic E-state index is 0.0162. The molecule has 0 bridgehead atoms. The first-order valence-electron chi connectivity index (χ1n) is 11.1. The van der Waals surface area contributed by atoms with Gasteiger partial charge in [0.05, 0.1) is 28.1 Å². The first kappa shape index (κ1) is 25.3. The normalized spacial score (nSPS) is 13.3. The molecule has 0 radical (unpaired) electrons. The van der Waals surface area contributed by atoms with Gasteiger partial charge in [0.1, 0.15) is 4.83 Å². The van der Waals surface area contributed by atoms with Gasteiger partial charge in [-0.3, -0.25) is 14.2 Å². The van der Waals surface area contributed by atoms with Crippen LogP contribution in [0.25, 0.3) is 15.9 Å². The Morgan fingerprint density at radius 1 is 1.11 bits per heavy atom. The molecule has 0 fully saturated rings. The molecule has 2 aromatic carbocycles. The minimum Gasteiger partial charge on any atom is -0.272 e. The molecule has 2 aromatic heterocycles. The van der Waals surface area contributed by atoms with Gasteiger partial charge in [-0.1, -0.05) is 52.6 Å². The van der Waals surface area contributed by atoms with Gasteiger partial charge in [0.25, 0.3) is 11.5 Å². The molecule has 0 saturated carbocycles. The molecule has 1 aliphatic carbocycles. The summed E-state index contributed by atoms with van der Waals surface area (Å²) in [6.45, 7) is 0. The van der Waals surface area contributed by atoms with E-state index in [0.29, 0.717) is 36.9 Å². The van der Waals surface area contributed by atoms with Gasteiger partial charge in [-0.25, -0.2) is 10.4 Å². The standard InChI is InChI=1S/C25H19Cl3N4O2S2/c26-15-7-9-17(10-8-15)32-24(34)22-18-3-1-2-4-20(18)36-23(22)30-25(32)35-13-21(33)31-29-12-14-5-6-16(27)11-19(14)28/h5-12H,1-4,13H2,(H,31,33). The number of benzene rings is 2. The van der Waals surface area contributed by atoms with Crippen molar-refractivity contribution in [2.75, 3.05) is 5.75 Å². The predicted molar refractivity (Wildman–Crippen MR) is 150 cm³/mol. The molecule has 5 rings (SSSR count). The lowest BCUT2D eigenvalue weighted by Crippen LogP contribution is -2.24. The van der Waals surface area contributed by atoms with Crippen LogP contribution < -0.4 is 11.0 Å². The van der Waals surface area contributed by atoms with Crippen molar-refractivity contribution in [3.8, 4) is 5.69 Å². The Kier molecular flexibility index (Phi) is 7.69. The summed E-state index contributed by atoms with van der Waals surface area (Å²) in [5.41, 5.74) is 4.75. The highest BCUT2D eigenvalue weighted by atomic mass is 35.5. The van der Waals surface area contributed by atoms with E-state index in [-0.39, 0.29) is 17.2 Å². The van der Waals surface area contributed by atoms with Crippen LogP contribution in [0.4, 0.5) is 0 Å². The second kappa shape index (κ2) is 10.9. The van der Waals surface area contributed by atoms with Crippen LogP contribution in [0.15, 0.2) is 57.5 Å². The highest BCUT2D eigenvalue weighted by Crippen LogP contribution is 2.35. The van der Waals surface area contributed by atoms with Crippen molar-refractivity contribution in [3.05, 3.63) is 83.9 Å². The minimum atomic E-state index is -0.344. The molecule has 2 heterocycles. The fourth-order valence-corrected chi connectivity index (χ4v) is 6.73. The second-order valence-corrected chi connectivity index (χ2v) is 11.5. The Labute approximate surface area is 230 Å². The zero-order chi connectivity index (χ0) is 25.2. The van der Waals surface area contributed by atoms with E-state index in [4.69, 9.17) is 39.8 Å². The molecule has 4 aromatic rings. The van der Waals surface area contributed by atoms with Gasteiger partial charge in [-0.15, -0.1) is 11.3 Å². The molecule has 11 heteroatoms. The van der Waals surface area contributed by atoms with Crippen LogP contribution in [0.1, 0.15) is 28.8 Å². The fraction of sp³-hybridized carbons (Fsp3) is 0.200. The van der Waals surface area contributed by atoms with E-state index in [1.54, 1.807) is 58.4 Å². The van der Waals surface area contributed by atoms with E-state index in [1.165, 1.54) is 22.9 Å². The molecular weight excluding hydrogens is 559 g/mol. The van der Waals surface area contributed by atoms with E-state index in [2.05, 4.69) is 10.5 Å². The quantitative estimate of drug-likeness (QED) is 0.122. The molecule has 0 unspecified atom stereocenters. The van der Waals surface area contributed by atoms with E-state index in [9.17, 15) is 9.59 Å². The van der Waals surface area contributed by atoms with Crippen LogP contribution in [-0.4, -0.2) is 27.4 Å². The van der Waals surface area contributed by atoms with Gasteiger partial charge in [0.15, 0.2) is 5.16 Å². The predicted octanol–water partition coefficient (Wildman–Crippen LogP) is 6.53. The van der Waals surface area contributed by atoms with E-state index in [0.717, 1.165) is 36.1 Å². The van der Waals surface area contributed by atoms with Crippen LogP contribution in [0.2, 0.25) is 15.1 Å². The maximum atomic E-state index is 13.7. The van der Waals surface area contributed by atoms with Gasteiger partial charge in [0.2, 0.25) is 0 Å². The van der Waals surface area contributed by atoms with Crippen molar-refractivity contribution in [2.45, 2.75) is 30.8 Å². The second-order valence-electron chi connectivity index (χ2n) is 8.15. The van der Waals surface area contributed by atoms with E-state index in [1.807, 2.05) is 0 Å². The molecule has 1 N–H and O–H groups in total. The van der Waals surface area contributed by atoms with Crippen LogP contribution in [0.5, 0.6) is 0 Å². The lowest BCUT2D eigenvalue weighted by atomic mass is 9.97. The van der Waals surface area contributed by atoms with Crippen molar-refractivity contribution >= 4 is 80.2 Å². The van der Waals surface area contributed by atoms with Crippen LogP contribution in [-0.2, 0) is 17.6 Å². The summed E-state index contributed by atoms with van der Waals surface area (Å²) in [6.07, 6.45) is 5.49. The number of nitrogens with zero attached hydrogens (tertiary/aromatic N) is 3. The number of hydrogen-bond acceptors (Lipinski definition) is 6. The van der Waals surface area contributed by atoms with Crippen molar-refractivity contribution in [3.63, 3.8) is 0 Å². The molecule has 0 aliphatic heterocycles. The maximum Gasteiger partial charge on any atom is 0.267 e. The number of halogens is 3. The van der Waals surface area contributed by atoms with Crippen LogP contribution >= 0.6 is 57.9 Å². The number of thiophene rings is 1. The molecule has 6 nitrogen and oxygen atoms in total. The van der Waals surface area contributed by atoms with E-state index < -0.39 is 0 Å². The number of carbonyl (C=O) groups excluding carboxylic acids is 1. The summed E-state index contributed by atoms with van der Waals surface area (Å²) in [4.78, 5) is 33.0. The van der Waals surface area contributed by atoms with Gasteiger partial charge in [-0.05, 0) is 67.6 Å². The van der Waals surface area contributed by atoms with Gasteiger partial charge in [0, 0.05) is 20.5 Å². The molecule has 36 heavy (non-hydrogen) atoms. The van der Waals surface area contributed by atoms with E-state index >= 15 is 0 Å². The van der Waals surface area contributed by atoms with Crippen molar-refractivity contribution < 1.29 is 4.79 Å². The molecular formula is C25H19Cl3N4O2S2. The maximum absolute atomic E-state index is 13.7. The summed E-state index contributed by atoms with van der Waals surface area (Å²) in [7, 11) is 0. The number of thioether (sulfide) groups is 1. The first-order chi connectivity index (χ1) is 17.4. The third kappa shape index (κ3) is 5.33. The molecule has 0 spiro atoms. The molecule has 0 saturated heterocycles. The lowest BCUT2D eigenvalue weighted by Gasteiger charge is -2.13. The number of hydrogen-bond donors (Lipinski definition) is 1. The zero-order valence-corrected chi connectivity index (χ0v) is 22.7. The Morgan fingerprint density at radius 2 is 1.86 bits per heavy atom.